The van der Waals surface area contributed by atoms with E-state index in [1.54, 1.807) is 10.9 Å². The van der Waals surface area contributed by atoms with E-state index in [1.165, 1.54) is 11.3 Å². The Kier molecular flexibility index (Phi) is 5.05. The van der Waals surface area contributed by atoms with E-state index in [0.29, 0.717) is 18.8 Å². The molecule has 0 radical (unpaired) electrons. The van der Waals surface area contributed by atoms with Crippen LogP contribution in [0.1, 0.15) is 22.1 Å². The predicted octanol–water partition coefficient (Wildman–Crippen LogP) is 2.29. The van der Waals surface area contributed by atoms with E-state index in [-0.39, 0.29) is 18.1 Å². The molecule has 1 aliphatic heterocycles. The molecular weight excluding hydrogens is 310 g/mol. The molecule has 0 N–H and O–H groups in total. The Morgan fingerprint density at radius 2 is 2.17 bits per heavy atom. The summed E-state index contributed by atoms with van der Waals surface area (Å²) in [5.41, 5.74) is 3.31. The number of carbonyl (C=O) groups is 1. The number of hydrogen-bond donors (Lipinski definition) is 0. The summed E-state index contributed by atoms with van der Waals surface area (Å²) in [7, 11) is 4.04. The molecule has 0 bridgehead atoms. The van der Waals surface area contributed by atoms with Crippen LogP contribution in [0.5, 0.6) is 0 Å². The van der Waals surface area contributed by atoms with E-state index in [4.69, 9.17) is 4.74 Å². The molecule has 23 heavy (non-hydrogen) atoms. The van der Waals surface area contributed by atoms with E-state index < -0.39 is 0 Å². The minimum Gasteiger partial charge on any atom is -0.373 e. The molecule has 6 heteroatoms. The molecule has 0 aliphatic carbocycles. The molecule has 1 amide bonds. The Morgan fingerprint density at radius 3 is 2.83 bits per heavy atom. The number of thiazole rings is 1. The molecule has 1 aromatic carbocycles. The number of hydrogen-bond acceptors (Lipinski definition) is 5. The molecule has 2 atom stereocenters. The summed E-state index contributed by atoms with van der Waals surface area (Å²) in [4.78, 5) is 21.1. The average molecular weight is 331 g/mol. The molecule has 1 aliphatic rings. The Hall–Kier alpha value is -1.76. The second-order valence-corrected chi connectivity index (χ2v) is 6.62. The number of rotatable bonds is 4. The number of aromatic nitrogens is 1. The van der Waals surface area contributed by atoms with E-state index in [9.17, 15) is 4.79 Å². The lowest BCUT2D eigenvalue weighted by Crippen LogP contribution is -2.51. The molecular formula is C17H21N3O2S. The number of benzene rings is 1. The van der Waals surface area contributed by atoms with Crippen LogP contribution in [-0.2, 0) is 4.74 Å². The Bertz CT molecular complexity index is 631. The molecule has 1 fully saturated rings. The summed E-state index contributed by atoms with van der Waals surface area (Å²) in [5.74, 6) is -0.0211. The third-order valence-corrected chi connectivity index (χ3v) is 4.54. The predicted molar refractivity (Wildman–Crippen MR) is 90.6 cm³/mol. The van der Waals surface area contributed by atoms with Gasteiger partial charge in [0.15, 0.2) is 0 Å². The first kappa shape index (κ1) is 16.1. The number of likely N-dealkylation sites (N-methyl/N-ethyl adjacent to an activating group) is 1. The topological polar surface area (TPSA) is 45.7 Å². The van der Waals surface area contributed by atoms with E-state index in [2.05, 4.69) is 22.0 Å². The zero-order chi connectivity index (χ0) is 16.2. The van der Waals surface area contributed by atoms with Crippen LogP contribution < -0.4 is 0 Å². The molecule has 1 aromatic heterocycles. The van der Waals surface area contributed by atoms with Gasteiger partial charge in [0, 0.05) is 18.5 Å². The summed E-state index contributed by atoms with van der Waals surface area (Å²) < 4.78 is 6.00. The van der Waals surface area contributed by atoms with E-state index >= 15 is 0 Å². The molecule has 5 nitrogen and oxygen atoms in total. The number of nitrogens with zero attached hydrogens (tertiary/aromatic N) is 3. The van der Waals surface area contributed by atoms with Crippen molar-refractivity contribution in [1.29, 1.82) is 0 Å². The second-order valence-electron chi connectivity index (χ2n) is 5.90. The van der Waals surface area contributed by atoms with Crippen LogP contribution in [0.3, 0.4) is 0 Å². The molecule has 2 heterocycles. The van der Waals surface area contributed by atoms with Crippen molar-refractivity contribution in [3.05, 3.63) is 52.5 Å². The lowest BCUT2D eigenvalue weighted by atomic mass is 9.97. The van der Waals surface area contributed by atoms with Gasteiger partial charge in [-0.1, -0.05) is 30.3 Å². The van der Waals surface area contributed by atoms with Gasteiger partial charge in [-0.3, -0.25) is 4.79 Å². The third-order valence-electron chi connectivity index (χ3n) is 3.95. The molecule has 0 saturated carbocycles. The Morgan fingerprint density at radius 1 is 1.39 bits per heavy atom. The largest absolute Gasteiger partial charge is 0.373 e. The van der Waals surface area contributed by atoms with Crippen LogP contribution in [0.25, 0.3) is 0 Å². The van der Waals surface area contributed by atoms with E-state index in [1.807, 2.05) is 37.2 Å². The lowest BCUT2D eigenvalue weighted by molar-refractivity contribution is -0.0685. The average Bonchev–Trinajstić information content (AvgIpc) is 3.08. The highest BCUT2D eigenvalue weighted by Gasteiger charge is 2.37. The van der Waals surface area contributed by atoms with Crippen LogP contribution >= 0.6 is 11.3 Å². The van der Waals surface area contributed by atoms with Crippen molar-refractivity contribution >= 4 is 17.2 Å². The van der Waals surface area contributed by atoms with Crippen molar-refractivity contribution in [2.75, 3.05) is 33.8 Å². The minimum absolute atomic E-state index is 0.0211. The smallest absolute Gasteiger partial charge is 0.274 e. The number of amides is 1. The van der Waals surface area contributed by atoms with Crippen molar-refractivity contribution in [3.8, 4) is 0 Å². The highest BCUT2D eigenvalue weighted by Crippen LogP contribution is 2.31. The normalized spacial score (nSPS) is 21.6. The first-order valence-electron chi connectivity index (χ1n) is 7.67. The van der Waals surface area contributed by atoms with E-state index in [0.717, 1.165) is 12.1 Å². The minimum atomic E-state index is -0.0958. The van der Waals surface area contributed by atoms with Crippen molar-refractivity contribution in [1.82, 2.24) is 14.8 Å². The van der Waals surface area contributed by atoms with Gasteiger partial charge in [0.25, 0.3) is 5.91 Å². The summed E-state index contributed by atoms with van der Waals surface area (Å²) in [5, 5.41) is 1.81. The highest BCUT2D eigenvalue weighted by atomic mass is 32.1. The quantitative estimate of drug-likeness (QED) is 0.862. The SMILES string of the molecule is CN(C)C[C@@H]1OCCN(C(=O)c2cscn2)[C@H]1c1ccccc1. The van der Waals surface area contributed by atoms with Crippen molar-refractivity contribution in [2.24, 2.45) is 0 Å². The molecule has 3 rings (SSSR count). The van der Waals surface area contributed by atoms with Crippen LogP contribution in [0, 0.1) is 0 Å². The zero-order valence-corrected chi connectivity index (χ0v) is 14.2. The van der Waals surface area contributed by atoms with Crippen LogP contribution in [0.15, 0.2) is 41.2 Å². The van der Waals surface area contributed by atoms with Gasteiger partial charge in [-0.05, 0) is 19.7 Å². The van der Waals surface area contributed by atoms with Gasteiger partial charge in [0.05, 0.1) is 24.3 Å². The maximum Gasteiger partial charge on any atom is 0.274 e. The van der Waals surface area contributed by atoms with Gasteiger partial charge in [-0.2, -0.15) is 0 Å². The molecule has 0 unspecified atom stereocenters. The van der Waals surface area contributed by atoms with Crippen molar-refractivity contribution in [2.45, 2.75) is 12.1 Å². The van der Waals surface area contributed by atoms with Gasteiger partial charge < -0.3 is 14.5 Å². The summed E-state index contributed by atoms with van der Waals surface area (Å²) in [6, 6.07) is 10.0. The van der Waals surface area contributed by atoms with Crippen LogP contribution in [-0.4, -0.2) is 60.6 Å². The fourth-order valence-electron chi connectivity index (χ4n) is 2.98. The van der Waals surface area contributed by atoms with Crippen molar-refractivity contribution < 1.29 is 9.53 Å². The summed E-state index contributed by atoms with van der Waals surface area (Å²) in [6.07, 6.45) is -0.0521. The van der Waals surface area contributed by atoms with Gasteiger partial charge in [0.1, 0.15) is 5.69 Å². The zero-order valence-electron chi connectivity index (χ0n) is 13.4. The van der Waals surface area contributed by atoms with Gasteiger partial charge in [0.2, 0.25) is 0 Å². The van der Waals surface area contributed by atoms with Gasteiger partial charge in [-0.15, -0.1) is 11.3 Å². The molecule has 1 saturated heterocycles. The molecule has 122 valence electrons. The number of morpholine rings is 1. The van der Waals surface area contributed by atoms with Crippen molar-refractivity contribution in [3.63, 3.8) is 0 Å². The summed E-state index contributed by atoms with van der Waals surface area (Å²) in [6.45, 7) is 1.90. The Balaban J connectivity index is 1.93. The summed E-state index contributed by atoms with van der Waals surface area (Å²) >= 11 is 1.44. The lowest BCUT2D eigenvalue weighted by Gasteiger charge is -2.42. The number of ether oxygens (including phenoxy) is 1. The van der Waals surface area contributed by atoms with Gasteiger partial charge in [-0.25, -0.2) is 4.98 Å². The Labute approximate surface area is 140 Å². The van der Waals surface area contributed by atoms with Crippen LogP contribution in [0.2, 0.25) is 0 Å². The fourth-order valence-corrected chi connectivity index (χ4v) is 3.51. The monoisotopic (exact) mass is 331 g/mol. The van der Waals surface area contributed by atoms with Crippen LogP contribution in [0.4, 0.5) is 0 Å². The molecule has 0 spiro atoms. The third kappa shape index (κ3) is 3.60. The standard InChI is InChI=1S/C17H21N3O2S/c1-19(2)10-15-16(13-6-4-3-5-7-13)20(8-9-22-15)17(21)14-11-23-12-18-14/h3-7,11-12,15-16H,8-10H2,1-2H3/t15-,16-/m0/s1. The van der Waals surface area contributed by atoms with Gasteiger partial charge >= 0.3 is 0 Å². The second kappa shape index (κ2) is 7.21. The first-order valence-corrected chi connectivity index (χ1v) is 8.61. The highest BCUT2D eigenvalue weighted by molar-refractivity contribution is 7.07. The fraction of sp³-hybridized carbons (Fsp3) is 0.412. The maximum absolute atomic E-state index is 12.9. The first-order chi connectivity index (χ1) is 11.2. The number of carbonyl (C=O) groups excluding carboxylic acids is 1. The maximum atomic E-state index is 12.9. The molecule has 2 aromatic rings.